The molecule has 2 aromatic heterocycles. The van der Waals surface area contributed by atoms with E-state index in [9.17, 15) is 4.79 Å². The van der Waals surface area contributed by atoms with Gasteiger partial charge in [-0.2, -0.15) is 0 Å². The molecule has 2 N–H and O–H groups in total. The van der Waals surface area contributed by atoms with Crippen LogP contribution in [-0.4, -0.2) is 22.1 Å². The molecular weight excluding hydrogens is 306 g/mol. The fourth-order valence-electron chi connectivity index (χ4n) is 2.49. The number of carbonyl (C=O) groups is 1. The second-order valence-corrected chi connectivity index (χ2v) is 5.51. The minimum Gasteiger partial charge on any atom is -0.461 e. The van der Waals surface area contributed by atoms with Gasteiger partial charge in [0.05, 0.1) is 24.0 Å². The number of rotatable bonds is 4. The molecule has 0 saturated carbocycles. The van der Waals surface area contributed by atoms with Crippen LogP contribution in [0.1, 0.15) is 23.0 Å². The summed E-state index contributed by atoms with van der Waals surface area (Å²) < 4.78 is 12.7. The number of carbonyl (C=O) groups excluding carboxylic acids is 1. The van der Waals surface area contributed by atoms with Crippen molar-refractivity contribution in [3.05, 3.63) is 47.8 Å². The van der Waals surface area contributed by atoms with Crippen LogP contribution in [-0.2, 0) is 11.8 Å². The lowest BCUT2D eigenvalue weighted by Gasteiger charge is -2.08. The van der Waals surface area contributed by atoms with Crippen molar-refractivity contribution in [2.45, 2.75) is 13.8 Å². The molecule has 0 aliphatic carbocycles. The Labute approximate surface area is 139 Å². The van der Waals surface area contributed by atoms with E-state index in [1.807, 2.05) is 38.2 Å². The predicted octanol–water partition coefficient (Wildman–Crippen LogP) is 3.43. The number of benzene rings is 1. The molecule has 0 atom stereocenters. The highest BCUT2D eigenvalue weighted by molar-refractivity contribution is 5.96. The molecule has 0 spiro atoms. The van der Waals surface area contributed by atoms with E-state index >= 15 is 0 Å². The molecule has 0 amide bonds. The Kier molecular flexibility index (Phi) is 4.12. The van der Waals surface area contributed by atoms with Crippen molar-refractivity contribution in [3.63, 3.8) is 0 Å². The normalized spacial score (nSPS) is 10.8. The summed E-state index contributed by atoms with van der Waals surface area (Å²) in [5.74, 6) is 0.770. The summed E-state index contributed by atoms with van der Waals surface area (Å²) in [6.07, 6.45) is 1.57. The first-order valence-corrected chi connectivity index (χ1v) is 7.66. The van der Waals surface area contributed by atoms with E-state index in [-0.39, 0.29) is 5.97 Å². The zero-order valence-electron chi connectivity index (χ0n) is 13.9. The lowest BCUT2D eigenvalue weighted by molar-refractivity contribution is 0.0516. The number of nitrogens with two attached hydrogens (primary N) is 1. The van der Waals surface area contributed by atoms with Gasteiger partial charge in [-0.15, -0.1) is 0 Å². The van der Waals surface area contributed by atoms with Gasteiger partial charge in [-0.1, -0.05) is 0 Å². The number of ether oxygens (including phenoxy) is 2. The van der Waals surface area contributed by atoms with Crippen LogP contribution in [0.2, 0.25) is 0 Å². The maximum atomic E-state index is 12.0. The van der Waals surface area contributed by atoms with Crippen LogP contribution in [0, 0.1) is 6.92 Å². The molecule has 2 heterocycles. The molecule has 0 aliphatic heterocycles. The first kappa shape index (κ1) is 15.9. The molecule has 0 saturated heterocycles. The SMILES string of the molecule is CCOC(=O)c1cc2ccc(Oc3cc(C)c(N)cn3)cc2n1C. The summed E-state index contributed by atoms with van der Waals surface area (Å²) >= 11 is 0. The molecule has 0 bridgehead atoms. The number of hydrogen-bond donors (Lipinski definition) is 1. The number of fused-ring (bicyclic) bond motifs is 1. The maximum absolute atomic E-state index is 12.0. The van der Waals surface area contributed by atoms with Crippen LogP contribution in [0.4, 0.5) is 5.69 Å². The minimum atomic E-state index is -0.338. The Hall–Kier alpha value is -3.02. The van der Waals surface area contributed by atoms with E-state index in [4.69, 9.17) is 15.2 Å². The fourth-order valence-corrected chi connectivity index (χ4v) is 2.49. The summed E-state index contributed by atoms with van der Waals surface area (Å²) in [6, 6.07) is 9.20. The van der Waals surface area contributed by atoms with Gasteiger partial charge in [0.25, 0.3) is 0 Å². The molecule has 3 aromatic rings. The highest BCUT2D eigenvalue weighted by Crippen LogP contribution is 2.28. The summed E-state index contributed by atoms with van der Waals surface area (Å²) in [5.41, 5.74) is 8.68. The minimum absolute atomic E-state index is 0.338. The first-order valence-electron chi connectivity index (χ1n) is 7.66. The predicted molar refractivity (Wildman–Crippen MR) is 92.3 cm³/mol. The monoisotopic (exact) mass is 325 g/mol. The van der Waals surface area contributed by atoms with E-state index in [0.29, 0.717) is 29.6 Å². The Morgan fingerprint density at radius 1 is 1.29 bits per heavy atom. The first-order chi connectivity index (χ1) is 11.5. The summed E-state index contributed by atoms with van der Waals surface area (Å²) in [4.78, 5) is 16.2. The van der Waals surface area contributed by atoms with Gasteiger partial charge >= 0.3 is 5.97 Å². The van der Waals surface area contributed by atoms with Gasteiger partial charge in [0.15, 0.2) is 0 Å². The van der Waals surface area contributed by atoms with E-state index in [1.54, 1.807) is 23.8 Å². The molecular formula is C18H19N3O3. The topological polar surface area (TPSA) is 79.4 Å². The third kappa shape index (κ3) is 2.90. The van der Waals surface area contributed by atoms with Gasteiger partial charge in [-0.05, 0) is 37.6 Å². The third-order valence-corrected chi connectivity index (χ3v) is 3.85. The fraction of sp³-hybridized carbons (Fsp3) is 0.222. The van der Waals surface area contributed by atoms with E-state index in [1.165, 1.54) is 0 Å². The maximum Gasteiger partial charge on any atom is 0.354 e. The highest BCUT2D eigenvalue weighted by atomic mass is 16.5. The lowest BCUT2D eigenvalue weighted by Crippen LogP contribution is -2.09. The molecule has 124 valence electrons. The summed E-state index contributed by atoms with van der Waals surface area (Å²) in [7, 11) is 1.82. The Morgan fingerprint density at radius 3 is 2.79 bits per heavy atom. The number of nitrogen functional groups attached to an aromatic ring is 1. The molecule has 0 radical (unpaired) electrons. The number of nitrogens with zero attached hydrogens (tertiary/aromatic N) is 2. The number of esters is 1. The quantitative estimate of drug-likeness (QED) is 0.743. The Balaban J connectivity index is 1.94. The van der Waals surface area contributed by atoms with Gasteiger partial charge in [-0.25, -0.2) is 9.78 Å². The van der Waals surface area contributed by atoms with Crippen molar-refractivity contribution in [2.24, 2.45) is 7.05 Å². The smallest absolute Gasteiger partial charge is 0.354 e. The molecule has 0 unspecified atom stereocenters. The van der Waals surface area contributed by atoms with Gasteiger partial charge < -0.3 is 19.8 Å². The van der Waals surface area contributed by atoms with Gasteiger partial charge in [-0.3, -0.25) is 0 Å². The molecule has 0 aliphatic rings. The van der Waals surface area contributed by atoms with Crippen LogP contribution in [0.15, 0.2) is 36.5 Å². The number of pyridine rings is 1. The molecule has 0 fully saturated rings. The molecule has 1 aromatic carbocycles. The second kappa shape index (κ2) is 6.23. The molecule has 6 heteroatoms. The standard InChI is InChI=1S/C18H19N3O3/c1-4-23-18(22)16-8-12-5-6-13(9-15(12)21(16)3)24-17-7-11(2)14(19)10-20-17/h5-10H,4,19H2,1-3H3. The van der Waals surface area contributed by atoms with Crippen LogP contribution in [0.25, 0.3) is 10.9 Å². The highest BCUT2D eigenvalue weighted by Gasteiger charge is 2.15. The van der Waals surface area contributed by atoms with Crippen LogP contribution >= 0.6 is 0 Å². The van der Waals surface area contributed by atoms with Crippen LogP contribution < -0.4 is 10.5 Å². The third-order valence-electron chi connectivity index (χ3n) is 3.85. The second-order valence-electron chi connectivity index (χ2n) is 5.51. The number of anilines is 1. The molecule has 24 heavy (non-hydrogen) atoms. The largest absolute Gasteiger partial charge is 0.461 e. The Bertz CT molecular complexity index is 915. The average Bonchev–Trinajstić information content (AvgIpc) is 2.88. The van der Waals surface area contributed by atoms with Crippen molar-refractivity contribution in [2.75, 3.05) is 12.3 Å². The molecule has 3 rings (SSSR count). The average molecular weight is 325 g/mol. The molecule has 6 nitrogen and oxygen atoms in total. The van der Waals surface area contributed by atoms with E-state index in [0.717, 1.165) is 16.5 Å². The lowest BCUT2D eigenvalue weighted by atomic mass is 10.2. The van der Waals surface area contributed by atoms with E-state index < -0.39 is 0 Å². The summed E-state index contributed by atoms with van der Waals surface area (Å²) in [5, 5.41) is 0.939. The summed E-state index contributed by atoms with van der Waals surface area (Å²) in [6.45, 7) is 4.03. The van der Waals surface area contributed by atoms with Gasteiger partial charge in [0.2, 0.25) is 5.88 Å². The van der Waals surface area contributed by atoms with Crippen molar-refractivity contribution < 1.29 is 14.3 Å². The van der Waals surface area contributed by atoms with Crippen molar-refractivity contribution in [1.82, 2.24) is 9.55 Å². The van der Waals surface area contributed by atoms with Gasteiger partial charge in [0, 0.05) is 24.6 Å². The zero-order valence-corrected chi connectivity index (χ0v) is 13.9. The zero-order chi connectivity index (χ0) is 17.3. The van der Waals surface area contributed by atoms with Crippen molar-refractivity contribution in [3.8, 4) is 11.6 Å². The number of aryl methyl sites for hydroxylation is 2. The number of hydrogen-bond acceptors (Lipinski definition) is 5. The van der Waals surface area contributed by atoms with E-state index in [2.05, 4.69) is 4.98 Å². The van der Waals surface area contributed by atoms with Crippen LogP contribution in [0.5, 0.6) is 11.6 Å². The Morgan fingerprint density at radius 2 is 2.08 bits per heavy atom. The van der Waals surface area contributed by atoms with Gasteiger partial charge in [0.1, 0.15) is 11.4 Å². The van der Waals surface area contributed by atoms with Crippen LogP contribution in [0.3, 0.4) is 0 Å². The van der Waals surface area contributed by atoms with Crippen molar-refractivity contribution >= 4 is 22.6 Å². The van der Waals surface area contributed by atoms with Crippen molar-refractivity contribution in [1.29, 1.82) is 0 Å². The number of aromatic nitrogens is 2.